The predicted molar refractivity (Wildman–Crippen MR) is 110 cm³/mol. The van der Waals surface area contributed by atoms with Crippen LogP contribution in [-0.4, -0.2) is 64.4 Å². The van der Waals surface area contributed by atoms with Crippen LogP contribution in [0.2, 0.25) is 0 Å². The van der Waals surface area contributed by atoms with Gasteiger partial charge in [0, 0.05) is 19.2 Å². The summed E-state index contributed by atoms with van der Waals surface area (Å²) in [5, 5.41) is 9.29. The average molecular weight is 463 g/mol. The van der Waals surface area contributed by atoms with Crippen LogP contribution in [0.4, 0.5) is 18.0 Å². The van der Waals surface area contributed by atoms with E-state index in [9.17, 15) is 19.1 Å². The van der Waals surface area contributed by atoms with E-state index in [0.717, 1.165) is 12.7 Å². The van der Waals surface area contributed by atoms with Crippen LogP contribution in [0.25, 0.3) is 16.9 Å². The number of amides is 1. The summed E-state index contributed by atoms with van der Waals surface area (Å²) in [6.07, 6.45) is 0.00116. The summed E-state index contributed by atoms with van der Waals surface area (Å²) in [7, 11) is 0.971. The van der Waals surface area contributed by atoms with Gasteiger partial charge in [-0.1, -0.05) is 0 Å². The third-order valence-corrected chi connectivity index (χ3v) is 5.51. The van der Waals surface area contributed by atoms with Gasteiger partial charge < -0.3 is 23.9 Å². The fourth-order valence-electron chi connectivity index (χ4n) is 3.90. The lowest BCUT2D eigenvalue weighted by Crippen LogP contribution is -2.45. The zero-order chi connectivity index (χ0) is 23.9. The molecule has 1 unspecified atom stereocenters. The lowest BCUT2D eigenvalue weighted by Gasteiger charge is -2.31. The van der Waals surface area contributed by atoms with Gasteiger partial charge in [-0.05, 0) is 30.7 Å². The smallest absolute Gasteiger partial charge is 0.407 e. The van der Waals surface area contributed by atoms with Gasteiger partial charge in [-0.15, -0.1) is 0 Å². The number of rotatable bonds is 4. The van der Waals surface area contributed by atoms with E-state index < -0.39 is 46.7 Å². The van der Waals surface area contributed by atoms with Crippen LogP contribution in [0.1, 0.15) is 21.6 Å². The highest BCUT2D eigenvalue weighted by Crippen LogP contribution is 2.33. The molecule has 11 heteroatoms. The van der Waals surface area contributed by atoms with E-state index in [1.807, 2.05) is 6.92 Å². The fraction of sp³-hybridized carbons (Fsp3) is 0.318. The quantitative estimate of drug-likeness (QED) is 0.471. The highest BCUT2D eigenvalue weighted by atomic mass is 19.2. The number of hydrogen-bond acceptors (Lipinski definition) is 5. The number of esters is 1. The molecular formula is C22H20F3N3O5. The second-order valence-corrected chi connectivity index (χ2v) is 7.67. The lowest BCUT2D eigenvalue weighted by atomic mass is 10.0. The monoisotopic (exact) mass is 463 g/mol. The number of hydrogen-bond donors (Lipinski definition) is 1. The number of methoxy groups -OCH3 is 1. The number of pyridine rings is 1. The van der Waals surface area contributed by atoms with Crippen molar-refractivity contribution in [3.63, 3.8) is 0 Å². The standard InChI is InChI=1S/C22H20F3N3O5/c1-11-3-4-28-15(8-12-10-27(22(30)31)5-6-33-12)20(26-16(28)7-11)17-14(23)9-13(21(29)32-2)18(24)19(17)25/h3-4,7,9,12H,5-6,8,10H2,1-2H3,(H,30,31). The van der Waals surface area contributed by atoms with Crippen LogP contribution in [-0.2, 0) is 15.9 Å². The van der Waals surface area contributed by atoms with Crippen molar-refractivity contribution in [3.8, 4) is 11.3 Å². The summed E-state index contributed by atoms with van der Waals surface area (Å²) in [5.74, 6) is -5.53. The van der Waals surface area contributed by atoms with Crippen molar-refractivity contribution < 1.29 is 37.3 Å². The number of fused-ring (bicyclic) bond motifs is 1. The Kier molecular flexibility index (Phi) is 5.98. The molecule has 0 saturated carbocycles. The molecule has 33 heavy (non-hydrogen) atoms. The molecule has 1 aromatic carbocycles. The number of morpholine rings is 1. The predicted octanol–water partition coefficient (Wildman–Crippen LogP) is 3.43. The number of nitrogens with zero attached hydrogens (tertiary/aromatic N) is 3. The maximum Gasteiger partial charge on any atom is 0.407 e. The number of imidazole rings is 1. The number of aryl methyl sites for hydroxylation is 1. The van der Waals surface area contributed by atoms with Gasteiger partial charge in [-0.2, -0.15) is 0 Å². The molecule has 3 aromatic rings. The Balaban J connectivity index is 1.86. The Morgan fingerprint density at radius 2 is 2.03 bits per heavy atom. The number of benzene rings is 1. The largest absolute Gasteiger partial charge is 0.465 e. The first-order valence-electron chi connectivity index (χ1n) is 10.0. The molecule has 0 aliphatic carbocycles. The van der Waals surface area contributed by atoms with Gasteiger partial charge in [0.05, 0.1) is 43.3 Å². The summed E-state index contributed by atoms with van der Waals surface area (Å²) < 4.78 is 56.4. The van der Waals surface area contributed by atoms with Crippen molar-refractivity contribution >= 4 is 17.7 Å². The van der Waals surface area contributed by atoms with E-state index in [1.54, 1.807) is 22.7 Å². The van der Waals surface area contributed by atoms with Crippen LogP contribution in [0.5, 0.6) is 0 Å². The van der Waals surface area contributed by atoms with E-state index >= 15 is 8.78 Å². The maximum atomic E-state index is 15.1. The van der Waals surface area contributed by atoms with Crippen molar-refractivity contribution in [1.82, 2.24) is 14.3 Å². The van der Waals surface area contributed by atoms with Crippen LogP contribution in [0.3, 0.4) is 0 Å². The summed E-state index contributed by atoms with van der Waals surface area (Å²) >= 11 is 0. The van der Waals surface area contributed by atoms with Gasteiger partial charge in [0.25, 0.3) is 0 Å². The molecule has 0 spiro atoms. The molecule has 8 nitrogen and oxygen atoms in total. The Labute approximate surface area is 186 Å². The number of aromatic nitrogens is 2. The van der Waals surface area contributed by atoms with Crippen molar-refractivity contribution in [3.05, 3.63) is 58.7 Å². The fourth-order valence-corrected chi connectivity index (χ4v) is 3.90. The number of carboxylic acid groups (broad SMARTS) is 1. The molecular weight excluding hydrogens is 443 g/mol. The SMILES string of the molecule is COC(=O)c1cc(F)c(-c2nc3cc(C)ccn3c2CC2CN(C(=O)O)CCO2)c(F)c1F. The Hall–Kier alpha value is -3.60. The zero-order valence-electron chi connectivity index (χ0n) is 17.8. The molecule has 174 valence electrons. The minimum Gasteiger partial charge on any atom is -0.465 e. The maximum absolute atomic E-state index is 15.1. The molecule has 0 radical (unpaired) electrons. The van der Waals surface area contributed by atoms with Gasteiger partial charge >= 0.3 is 12.1 Å². The molecule has 4 rings (SSSR count). The molecule has 1 saturated heterocycles. The molecule has 1 atom stereocenters. The number of ether oxygens (including phenoxy) is 2. The van der Waals surface area contributed by atoms with Gasteiger partial charge in [-0.3, -0.25) is 0 Å². The van der Waals surface area contributed by atoms with Crippen LogP contribution in [0.15, 0.2) is 24.4 Å². The molecule has 1 aliphatic rings. The van der Waals surface area contributed by atoms with Crippen molar-refractivity contribution in [2.75, 3.05) is 26.8 Å². The Morgan fingerprint density at radius 3 is 2.73 bits per heavy atom. The van der Waals surface area contributed by atoms with E-state index in [2.05, 4.69) is 9.72 Å². The summed E-state index contributed by atoms with van der Waals surface area (Å²) in [6, 6.07) is 4.02. The summed E-state index contributed by atoms with van der Waals surface area (Å²) in [5.41, 5.74) is -0.258. The van der Waals surface area contributed by atoms with Crippen molar-refractivity contribution in [1.29, 1.82) is 0 Å². The lowest BCUT2D eigenvalue weighted by molar-refractivity contribution is -0.0214. The number of halogens is 3. The third kappa shape index (κ3) is 4.11. The van der Waals surface area contributed by atoms with E-state index in [-0.39, 0.29) is 31.8 Å². The molecule has 3 heterocycles. The first-order chi connectivity index (χ1) is 15.7. The topological polar surface area (TPSA) is 93.4 Å². The van der Waals surface area contributed by atoms with Gasteiger partial charge in [-0.25, -0.2) is 27.7 Å². The second kappa shape index (κ2) is 8.74. The van der Waals surface area contributed by atoms with Crippen LogP contribution >= 0.6 is 0 Å². The number of carbonyl (C=O) groups is 2. The van der Waals surface area contributed by atoms with Gasteiger partial charge in [0.2, 0.25) is 0 Å². The van der Waals surface area contributed by atoms with Gasteiger partial charge in [0.15, 0.2) is 11.6 Å². The molecule has 1 fully saturated rings. The van der Waals surface area contributed by atoms with Crippen molar-refractivity contribution in [2.45, 2.75) is 19.4 Å². The van der Waals surface area contributed by atoms with E-state index in [1.165, 1.54) is 4.90 Å². The first-order valence-corrected chi connectivity index (χ1v) is 10.0. The summed E-state index contributed by atoms with van der Waals surface area (Å²) in [6.45, 7) is 2.23. The first kappa shape index (κ1) is 22.6. The molecule has 2 aromatic heterocycles. The molecule has 1 amide bonds. The minimum atomic E-state index is -1.58. The molecule has 1 N–H and O–H groups in total. The zero-order valence-corrected chi connectivity index (χ0v) is 17.8. The highest BCUT2D eigenvalue weighted by molar-refractivity contribution is 5.90. The normalized spacial score (nSPS) is 16.3. The van der Waals surface area contributed by atoms with E-state index in [4.69, 9.17) is 4.74 Å². The molecule has 1 aliphatic heterocycles. The van der Waals surface area contributed by atoms with Crippen molar-refractivity contribution in [2.24, 2.45) is 0 Å². The van der Waals surface area contributed by atoms with E-state index in [0.29, 0.717) is 17.4 Å². The van der Waals surface area contributed by atoms with Gasteiger partial charge in [0.1, 0.15) is 17.0 Å². The average Bonchev–Trinajstić information content (AvgIpc) is 3.12. The minimum absolute atomic E-state index is 0.0501. The third-order valence-electron chi connectivity index (χ3n) is 5.51. The van der Waals surface area contributed by atoms with Crippen LogP contribution < -0.4 is 0 Å². The number of carbonyl (C=O) groups excluding carboxylic acids is 1. The molecule has 0 bridgehead atoms. The second-order valence-electron chi connectivity index (χ2n) is 7.67. The Bertz CT molecular complexity index is 1260. The van der Waals surface area contributed by atoms with Crippen LogP contribution in [0, 0.1) is 24.4 Å². The Morgan fingerprint density at radius 1 is 1.27 bits per heavy atom. The highest BCUT2D eigenvalue weighted by Gasteiger charge is 2.31. The summed E-state index contributed by atoms with van der Waals surface area (Å²) in [4.78, 5) is 28.6.